The SMILES string of the molecule is C#CCOc1ccc(-n2c(=O)[nH][nH]c2=O)cc1OC. The van der Waals surface area contributed by atoms with Gasteiger partial charge in [-0.05, 0) is 12.1 Å². The van der Waals surface area contributed by atoms with Gasteiger partial charge in [0.25, 0.3) is 0 Å². The van der Waals surface area contributed by atoms with Crippen molar-refractivity contribution >= 4 is 0 Å². The maximum atomic E-state index is 11.5. The van der Waals surface area contributed by atoms with Gasteiger partial charge >= 0.3 is 11.4 Å². The fraction of sp³-hybridized carbons (Fsp3) is 0.167. The summed E-state index contributed by atoms with van der Waals surface area (Å²) in [7, 11) is 1.45. The van der Waals surface area contributed by atoms with E-state index < -0.39 is 11.4 Å². The Hall–Kier alpha value is -2.88. The summed E-state index contributed by atoms with van der Waals surface area (Å²) in [6, 6.07) is 4.64. The molecule has 2 N–H and O–H groups in total. The fourth-order valence-electron chi connectivity index (χ4n) is 1.58. The zero-order valence-electron chi connectivity index (χ0n) is 10.1. The maximum absolute atomic E-state index is 11.5. The molecule has 98 valence electrons. The molecule has 0 bridgehead atoms. The van der Waals surface area contributed by atoms with Crippen LogP contribution in [0.3, 0.4) is 0 Å². The van der Waals surface area contributed by atoms with Crippen LogP contribution in [0.1, 0.15) is 0 Å². The second kappa shape index (κ2) is 5.18. The zero-order chi connectivity index (χ0) is 13.8. The van der Waals surface area contributed by atoms with Gasteiger partial charge in [-0.25, -0.2) is 24.4 Å². The Morgan fingerprint density at radius 1 is 1.26 bits per heavy atom. The Morgan fingerprint density at radius 3 is 2.53 bits per heavy atom. The molecule has 0 radical (unpaired) electrons. The zero-order valence-corrected chi connectivity index (χ0v) is 10.1. The molecular weight excluding hydrogens is 250 g/mol. The molecule has 19 heavy (non-hydrogen) atoms. The highest BCUT2D eigenvalue weighted by atomic mass is 16.5. The summed E-state index contributed by atoms with van der Waals surface area (Å²) >= 11 is 0. The van der Waals surface area contributed by atoms with E-state index in [1.807, 2.05) is 0 Å². The van der Waals surface area contributed by atoms with Crippen LogP contribution in [-0.4, -0.2) is 28.5 Å². The summed E-state index contributed by atoms with van der Waals surface area (Å²) < 4.78 is 11.3. The van der Waals surface area contributed by atoms with Crippen molar-refractivity contribution in [2.24, 2.45) is 0 Å². The topological polar surface area (TPSA) is 89.1 Å². The van der Waals surface area contributed by atoms with Gasteiger partial charge < -0.3 is 9.47 Å². The highest BCUT2D eigenvalue weighted by molar-refractivity contribution is 5.48. The number of H-pyrrole nitrogens is 2. The monoisotopic (exact) mass is 261 g/mol. The smallest absolute Gasteiger partial charge is 0.348 e. The third-order valence-electron chi connectivity index (χ3n) is 2.40. The quantitative estimate of drug-likeness (QED) is 0.750. The lowest BCUT2D eigenvalue weighted by Gasteiger charge is -2.10. The molecule has 0 amide bonds. The molecule has 0 unspecified atom stereocenters. The number of aromatic amines is 2. The molecule has 7 nitrogen and oxygen atoms in total. The molecule has 2 aromatic rings. The number of nitrogens with zero attached hydrogens (tertiary/aromatic N) is 1. The van der Waals surface area contributed by atoms with Gasteiger partial charge in [0.15, 0.2) is 11.5 Å². The normalized spacial score (nSPS) is 9.89. The maximum Gasteiger partial charge on any atom is 0.348 e. The molecule has 1 aromatic carbocycles. The number of nitrogens with one attached hydrogen (secondary N) is 2. The largest absolute Gasteiger partial charge is 0.493 e. The lowest BCUT2D eigenvalue weighted by Crippen LogP contribution is -2.24. The molecule has 1 aromatic heterocycles. The first kappa shape index (κ1) is 12.6. The van der Waals surface area contributed by atoms with Crippen LogP contribution < -0.4 is 20.9 Å². The average molecular weight is 261 g/mol. The number of benzene rings is 1. The minimum Gasteiger partial charge on any atom is -0.493 e. The lowest BCUT2D eigenvalue weighted by atomic mass is 10.2. The number of ether oxygens (including phenoxy) is 2. The average Bonchev–Trinajstić information content (AvgIpc) is 2.76. The fourth-order valence-corrected chi connectivity index (χ4v) is 1.58. The van der Waals surface area contributed by atoms with Crippen LogP contribution in [0.25, 0.3) is 5.69 Å². The van der Waals surface area contributed by atoms with E-state index in [1.165, 1.54) is 13.2 Å². The van der Waals surface area contributed by atoms with Gasteiger partial charge in [-0.1, -0.05) is 5.92 Å². The number of hydrogen-bond donors (Lipinski definition) is 2. The molecule has 0 aliphatic rings. The predicted octanol–water partition coefficient (Wildman–Crippen LogP) is -0.126. The van der Waals surface area contributed by atoms with E-state index >= 15 is 0 Å². The Labute approximate surface area is 107 Å². The van der Waals surface area contributed by atoms with Crippen molar-refractivity contribution < 1.29 is 9.47 Å². The Morgan fingerprint density at radius 2 is 1.95 bits per heavy atom. The molecule has 2 rings (SSSR count). The van der Waals surface area contributed by atoms with Crippen molar-refractivity contribution in [3.63, 3.8) is 0 Å². The highest BCUT2D eigenvalue weighted by Gasteiger charge is 2.10. The van der Waals surface area contributed by atoms with E-state index in [4.69, 9.17) is 15.9 Å². The number of aromatic nitrogens is 3. The summed E-state index contributed by atoms with van der Waals surface area (Å²) in [5.74, 6) is 3.14. The van der Waals surface area contributed by atoms with Crippen molar-refractivity contribution in [3.05, 3.63) is 39.2 Å². The third-order valence-corrected chi connectivity index (χ3v) is 2.40. The summed E-state index contributed by atoms with van der Waals surface area (Å²) in [4.78, 5) is 22.9. The molecule has 0 fully saturated rings. The first-order chi connectivity index (χ1) is 9.17. The molecule has 1 heterocycles. The molecule has 0 saturated carbocycles. The van der Waals surface area contributed by atoms with Gasteiger partial charge in [0.1, 0.15) is 6.61 Å². The summed E-state index contributed by atoms with van der Waals surface area (Å²) in [5, 5.41) is 4.39. The van der Waals surface area contributed by atoms with E-state index in [-0.39, 0.29) is 6.61 Å². The molecule has 7 heteroatoms. The van der Waals surface area contributed by atoms with Gasteiger partial charge in [0.2, 0.25) is 0 Å². The molecule has 0 atom stereocenters. The van der Waals surface area contributed by atoms with Crippen LogP contribution in [0.2, 0.25) is 0 Å². The lowest BCUT2D eigenvalue weighted by molar-refractivity contribution is 0.331. The Kier molecular flexibility index (Phi) is 3.43. The standard InChI is InChI=1S/C12H11N3O4/c1-3-6-19-9-5-4-8(7-10(9)18-2)15-11(16)13-14-12(15)17/h1,4-5,7H,6H2,2H3,(H,13,16)(H,14,17). The van der Waals surface area contributed by atoms with Gasteiger partial charge in [0, 0.05) is 6.07 Å². The molecule has 0 aliphatic carbocycles. The first-order valence-electron chi connectivity index (χ1n) is 5.31. The first-order valence-corrected chi connectivity index (χ1v) is 5.31. The molecule has 0 saturated heterocycles. The molecule has 0 spiro atoms. The highest BCUT2D eigenvalue weighted by Crippen LogP contribution is 2.28. The molecular formula is C12H11N3O4. The predicted molar refractivity (Wildman–Crippen MR) is 67.9 cm³/mol. The van der Waals surface area contributed by atoms with E-state index in [1.54, 1.807) is 12.1 Å². The van der Waals surface area contributed by atoms with Crippen molar-refractivity contribution in [2.75, 3.05) is 13.7 Å². The summed E-state index contributed by atoms with van der Waals surface area (Å²) in [6.45, 7) is 0.0976. The number of terminal acetylenes is 1. The van der Waals surface area contributed by atoms with Gasteiger partial charge in [-0.2, -0.15) is 0 Å². The van der Waals surface area contributed by atoms with E-state index in [0.717, 1.165) is 4.57 Å². The number of rotatable bonds is 4. The number of methoxy groups -OCH3 is 1. The van der Waals surface area contributed by atoms with E-state index in [0.29, 0.717) is 17.2 Å². The van der Waals surface area contributed by atoms with E-state index in [9.17, 15) is 9.59 Å². The van der Waals surface area contributed by atoms with Crippen molar-refractivity contribution in [2.45, 2.75) is 0 Å². The van der Waals surface area contributed by atoms with Gasteiger partial charge in [-0.15, -0.1) is 6.42 Å². The van der Waals surface area contributed by atoms with Crippen LogP contribution in [0.5, 0.6) is 11.5 Å². The van der Waals surface area contributed by atoms with Gasteiger partial charge in [0.05, 0.1) is 12.8 Å². The Bertz CT molecular complexity index is 705. The second-order valence-electron chi connectivity index (χ2n) is 3.52. The van der Waals surface area contributed by atoms with Crippen molar-refractivity contribution in [1.29, 1.82) is 0 Å². The van der Waals surface area contributed by atoms with Crippen LogP contribution in [0.15, 0.2) is 27.8 Å². The third kappa shape index (κ3) is 2.37. The van der Waals surface area contributed by atoms with Gasteiger partial charge in [-0.3, -0.25) is 0 Å². The minimum atomic E-state index is -0.565. The second-order valence-corrected chi connectivity index (χ2v) is 3.52. The van der Waals surface area contributed by atoms with E-state index in [2.05, 4.69) is 16.1 Å². The summed E-state index contributed by atoms with van der Waals surface area (Å²) in [6.07, 6.45) is 5.10. The van der Waals surface area contributed by atoms with Crippen molar-refractivity contribution in [1.82, 2.24) is 14.8 Å². The van der Waals surface area contributed by atoms with Crippen LogP contribution in [0.4, 0.5) is 0 Å². The number of hydrogen-bond acceptors (Lipinski definition) is 4. The van der Waals surface area contributed by atoms with Crippen LogP contribution in [0, 0.1) is 12.3 Å². The summed E-state index contributed by atoms with van der Waals surface area (Å²) in [5.41, 5.74) is -0.772. The minimum absolute atomic E-state index is 0.0976. The van der Waals surface area contributed by atoms with Crippen LogP contribution >= 0.6 is 0 Å². The van der Waals surface area contributed by atoms with Crippen LogP contribution in [-0.2, 0) is 0 Å². The van der Waals surface area contributed by atoms with Crippen molar-refractivity contribution in [3.8, 4) is 29.5 Å². The Balaban J connectivity index is 2.48. The molecule has 0 aliphatic heterocycles.